The van der Waals surface area contributed by atoms with Crippen LogP contribution in [0.1, 0.15) is 18.4 Å². The van der Waals surface area contributed by atoms with Gasteiger partial charge in [0.05, 0.1) is 23.2 Å². The number of urea groups is 1. The van der Waals surface area contributed by atoms with Crippen LogP contribution >= 0.6 is 0 Å². The van der Waals surface area contributed by atoms with Gasteiger partial charge in [-0.15, -0.1) is 0 Å². The first-order chi connectivity index (χ1) is 11.8. The lowest BCUT2D eigenvalue weighted by Crippen LogP contribution is -2.49. The number of nitrogens with zero attached hydrogens (tertiary/aromatic N) is 4. The van der Waals surface area contributed by atoms with Crippen molar-refractivity contribution in [2.24, 2.45) is 0 Å². The molecule has 0 radical (unpaired) electrons. The second-order valence-electron chi connectivity index (χ2n) is 6.32. The monoisotopic (exact) mass is 321 g/mol. The van der Waals surface area contributed by atoms with E-state index in [0.29, 0.717) is 5.56 Å². The first-order valence-corrected chi connectivity index (χ1v) is 8.35. The number of aromatic nitrogens is 1. The number of nitriles is 1. The number of hydrogen-bond acceptors (Lipinski definition) is 4. The Bertz CT molecular complexity index is 828. The molecule has 6 heteroatoms. The maximum absolute atomic E-state index is 11.9. The van der Waals surface area contributed by atoms with Crippen LogP contribution in [0.25, 0.3) is 10.9 Å². The van der Waals surface area contributed by atoms with Crippen LogP contribution in [-0.4, -0.2) is 48.1 Å². The number of rotatable bonds is 2. The minimum absolute atomic E-state index is 0.0334. The number of hydrogen-bond donors (Lipinski definition) is 1. The van der Waals surface area contributed by atoms with Crippen LogP contribution < -0.4 is 10.2 Å². The van der Waals surface area contributed by atoms with Gasteiger partial charge in [0.2, 0.25) is 0 Å². The first kappa shape index (κ1) is 14.8. The van der Waals surface area contributed by atoms with E-state index in [2.05, 4.69) is 16.3 Å². The lowest BCUT2D eigenvalue weighted by atomic mass is 10.0. The molecule has 1 aromatic heterocycles. The molecule has 2 aliphatic heterocycles. The molecule has 2 amide bonds. The molecule has 1 unspecified atom stereocenters. The topological polar surface area (TPSA) is 72.3 Å². The third-order valence-electron chi connectivity index (χ3n) is 4.87. The number of carbonyl (C=O) groups excluding carboxylic acids is 1. The van der Waals surface area contributed by atoms with Crippen molar-refractivity contribution < 1.29 is 4.79 Å². The van der Waals surface area contributed by atoms with Crippen molar-refractivity contribution in [2.75, 3.05) is 31.1 Å². The number of piperidine rings is 1. The van der Waals surface area contributed by atoms with E-state index in [1.165, 1.54) is 0 Å². The van der Waals surface area contributed by atoms with E-state index < -0.39 is 0 Å². The minimum atomic E-state index is 0.0334. The Morgan fingerprint density at radius 3 is 2.96 bits per heavy atom. The van der Waals surface area contributed by atoms with Gasteiger partial charge in [-0.25, -0.2) is 9.78 Å². The molecule has 0 aliphatic carbocycles. The molecule has 1 N–H and O–H groups in total. The van der Waals surface area contributed by atoms with Gasteiger partial charge in [-0.1, -0.05) is 18.2 Å². The number of carbonyl (C=O) groups is 1. The van der Waals surface area contributed by atoms with Crippen LogP contribution in [0, 0.1) is 11.3 Å². The quantitative estimate of drug-likeness (QED) is 0.919. The molecule has 2 fully saturated rings. The molecule has 24 heavy (non-hydrogen) atoms. The molecule has 2 saturated heterocycles. The summed E-state index contributed by atoms with van der Waals surface area (Å²) in [5, 5.41) is 13.2. The second kappa shape index (κ2) is 6.00. The zero-order chi connectivity index (χ0) is 16.5. The summed E-state index contributed by atoms with van der Waals surface area (Å²) >= 11 is 0. The highest BCUT2D eigenvalue weighted by molar-refractivity contribution is 5.86. The van der Waals surface area contributed by atoms with Gasteiger partial charge >= 0.3 is 6.03 Å². The Balaban J connectivity index is 1.64. The lowest BCUT2D eigenvalue weighted by Gasteiger charge is -2.37. The van der Waals surface area contributed by atoms with Gasteiger partial charge in [0.15, 0.2) is 0 Å². The van der Waals surface area contributed by atoms with Crippen molar-refractivity contribution in [3.63, 3.8) is 0 Å². The standard InChI is InChI=1S/C18H19N5O/c19-11-13-10-17(21-16-6-2-1-5-15(13)16)22-8-3-4-14(12-22)23-9-7-20-18(23)24/h1-2,5-6,10,14H,3-4,7-9,12H2,(H,20,24). The fraction of sp³-hybridized carbons (Fsp3) is 0.389. The molecule has 2 aliphatic rings. The van der Waals surface area contributed by atoms with Gasteiger partial charge in [-0.2, -0.15) is 5.26 Å². The van der Waals surface area contributed by atoms with Crippen molar-refractivity contribution in [3.8, 4) is 6.07 Å². The number of benzene rings is 1. The highest BCUT2D eigenvalue weighted by Gasteiger charge is 2.31. The number of fused-ring (bicyclic) bond motifs is 1. The summed E-state index contributed by atoms with van der Waals surface area (Å²) in [6.45, 7) is 3.17. The fourth-order valence-corrected chi connectivity index (χ4v) is 3.67. The normalized spacial score (nSPS) is 21.0. The molecule has 0 saturated carbocycles. The average molecular weight is 321 g/mol. The molecule has 1 aromatic carbocycles. The largest absolute Gasteiger partial charge is 0.354 e. The molecular weight excluding hydrogens is 302 g/mol. The van der Waals surface area contributed by atoms with Crippen molar-refractivity contribution in [1.82, 2.24) is 15.2 Å². The van der Waals surface area contributed by atoms with Crippen molar-refractivity contribution >= 4 is 22.8 Å². The van der Waals surface area contributed by atoms with Crippen LogP contribution in [0.3, 0.4) is 0 Å². The number of nitrogens with one attached hydrogen (secondary N) is 1. The van der Waals surface area contributed by atoms with Crippen LogP contribution in [0.4, 0.5) is 10.6 Å². The first-order valence-electron chi connectivity index (χ1n) is 8.35. The summed E-state index contributed by atoms with van der Waals surface area (Å²) in [7, 11) is 0. The van der Waals surface area contributed by atoms with Gasteiger partial charge in [-0.3, -0.25) is 0 Å². The summed E-state index contributed by atoms with van der Waals surface area (Å²) < 4.78 is 0. The number of amides is 2. The lowest BCUT2D eigenvalue weighted by molar-refractivity contribution is 0.189. The van der Waals surface area contributed by atoms with Crippen LogP contribution in [0.5, 0.6) is 0 Å². The van der Waals surface area contributed by atoms with Gasteiger partial charge < -0.3 is 15.1 Å². The maximum atomic E-state index is 11.9. The zero-order valence-corrected chi connectivity index (χ0v) is 13.4. The Morgan fingerprint density at radius 2 is 2.17 bits per heavy atom. The zero-order valence-electron chi connectivity index (χ0n) is 13.4. The van der Waals surface area contributed by atoms with Crippen LogP contribution in [-0.2, 0) is 0 Å². The average Bonchev–Trinajstić information content (AvgIpc) is 3.07. The fourth-order valence-electron chi connectivity index (χ4n) is 3.67. The third-order valence-corrected chi connectivity index (χ3v) is 4.87. The van der Waals surface area contributed by atoms with E-state index in [0.717, 1.165) is 55.7 Å². The molecule has 122 valence electrons. The van der Waals surface area contributed by atoms with Gasteiger partial charge in [0, 0.05) is 31.6 Å². The maximum Gasteiger partial charge on any atom is 0.317 e. The second-order valence-corrected chi connectivity index (χ2v) is 6.32. The smallest absolute Gasteiger partial charge is 0.317 e. The van der Waals surface area contributed by atoms with Crippen LogP contribution in [0.2, 0.25) is 0 Å². The van der Waals surface area contributed by atoms with Gasteiger partial charge in [0.25, 0.3) is 0 Å². The van der Waals surface area contributed by atoms with E-state index in [1.54, 1.807) is 0 Å². The molecule has 6 nitrogen and oxygen atoms in total. The molecule has 0 bridgehead atoms. The molecule has 1 atom stereocenters. The number of pyridine rings is 1. The van der Waals surface area contributed by atoms with E-state index in [1.807, 2.05) is 35.2 Å². The predicted molar refractivity (Wildman–Crippen MR) is 91.8 cm³/mol. The highest BCUT2D eigenvalue weighted by Crippen LogP contribution is 2.26. The Hall–Kier alpha value is -2.81. The van der Waals surface area contributed by atoms with E-state index in [-0.39, 0.29) is 12.1 Å². The Labute approximate surface area is 140 Å². The summed E-state index contributed by atoms with van der Waals surface area (Å²) in [6, 6.07) is 12.1. The SMILES string of the molecule is N#Cc1cc(N2CCCC(N3CCNC3=O)C2)nc2ccccc12. The Kier molecular flexibility index (Phi) is 3.69. The molecule has 3 heterocycles. The Morgan fingerprint density at radius 1 is 1.29 bits per heavy atom. The molecular formula is C18H19N5O. The minimum Gasteiger partial charge on any atom is -0.354 e. The molecule has 0 spiro atoms. The molecule has 2 aromatic rings. The van der Waals surface area contributed by atoms with E-state index >= 15 is 0 Å². The predicted octanol–water partition coefficient (Wildman–Crippen LogP) is 2.10. The summed E-state index contributed by atoms with van der Waals surface area (Å²) in [5.41, 5.74) is 1.49. The molecule has 4 rings (SSSR count). The number of para-hydroxylation sites is 1. The van der Waals surface area contributed by atoms with E-state index in [4.69, 9.17) is 4.98 Å². The van der Waals surface area contributed by atoms with Crippen molar-refractivity contribution in [2.45, 2.75) is 18.9 Å². The van der Waals surface area contributed by atoms with E-state index in [9.17, 15) is 10.1 Å². The highest BCUT2D eigenvalue weighted by atomic mass is 16.2. The van der Waals surface area contributed by atoms with Crippen molar-refractivity contribution in [3.05, 3.63) is 35.9 Å². The van der Waals surface area contributed by atoms with Gasteiger partial charge in [0.1, 0.15) is 5.82 Å². The van der Waals surface area contributed by atoms with Gasteiger partial charge in [-0.05, 0) is 25.0 Å². The summed E-state index contributed by atoms with van der Waals surface area (Å²) in [6.07, 6.45) is 2.04. The summed E-state index contributed by atoms with van der Waals surface area (Å²) in [5.74, 6) is 0.828. The summed E-state index contributed by atoms with van der Waals surface area (Å²) in [4.78, 5) is 20.8. The third kappa shape index (κ3) is 2.52. The number of anilines is 1. The van der Waals surface area contributed by atoms with Crippen LogP contribution in [0.15, 0.2) is 30.3 Å². The van der Waals surface area contributed by atoms with Crippen molar-refractivity contribution in [1.29, 1.82) is 5.26 Å².